The van der Waals surface area contributed by atoms with Gasteiger partial charge in [-0.2, -0.15) is 0 Å². The average Bonchev–Trinajstić information content (AvgIpc) is 3.92. The van der Waals surface area contributed by atoms with Crippen LogP contribution in [0.5, 0.6) is 11.5 Å². The molecule has 1 atom stereocenters. The van der Waals surface area contributed by atoms with E-state index in [-0.39, 0.29) is 52.5 Å². The molecule has 1 aliphatic carbocycles. The van der Waals surface area contributed by atoms with Crippen molar-refractivity contribution in [2.75, 3.05) is 32.6 Å². The van der Waals surface area contributed by atoms with Crippen molar-refractivity contribution in [1.82, 2.24) is 15.2 Å². The highest BCUT2D eigenvalue weighted by molar-refractivity contribution is 7.12. The van der Waals surface area contributed by atoms with E-state index in [1.54, 1.807) is 48.5 Å². The molecule has 5 aromatic rings. The number of ether oxygens (including phenoxy) is 2. The summed E-state index contributed by atoms with van der Waals surface area (Å²) in [7, 11) is 3.51. The highest BCUT2D eigenvalue weighted by Crippen LogP contribution is 2.38. The molecular weight excluding hydrogens is 771 g/mol. The number of H-pyrrole nitrogens is 1. The van der Waals surface area contributed by atoms with Crippen molar-refractivity contribution in [3.8, 4) is 11.5 Å². The molecule has 55 heavy (non-hydrogen) atoms. The van der Waals surface area contributed by atoms with Crippen molar-refractivity contribution in [1.29, 1.82) is 0 Å². The first-order valence-electron chi connectivity index (χ1n) is 17.6. The number of carbonyl (C=O) groups excluding carboxylic acids is 2. The number of aromatic hydroxyl groups is 1. The zero-order valence-electron chi connectivity index (χ0n) is 30.2. The van der Waals surface area contributed by atoms with E-state index in [0.717, 1.165) is 18.4 Å². The number of nitrogens with one attached hydrogen (secondary N) is 3. The van der Waals surface area contributed by atoms with Crippen LogP contribution in [0.4, 0.5) is 10.4 Å². The van der Waals surface area contributed by atoms with Gasteiger partial charge in [-0.3, -0.25) is 14.3 Å². The van der Waals surface area contributed by atoms with Crippen LogP contribution >= 0.6 is 34.3 Å². The number of aliphatic hydroxyl groups is 2. The first-order chi connectivity index (χ1) is 26.0. The molecule has 16 heteroatoms. The fourth-order valence-electron chi connectivity index (χ4n) is 6.83. The van der Waals surface area contributed by atoms with E-state index in [4.69, 9.17) is 21.1 Å². The van der Waals surface area contributed by atoms with Gasteiger partial charge in [0, 0.05) is 55.2 Å². The molecule has 3 aromatic heterocycles. The van der Waals surface area contributed by atoms with Crippen LogP contribution in [0.1, 0.15) is 59.1 Å². The predicted molar refractivity (Wildman–Crippen MR) is 213 cm³/mol. The third-order valence-corrected chi connectivity index (χ3v) is 12.1. The lowest BCUT2D eigenvalue weighted by Gasteiger charge is -2.35. The molecule has 0 spiro atoms. The Labute approximate surface area is 330 Å². The Hall–Kier alpha value is -4.35. The Kier molecular flexibility index (Phi) is 14.1. The van der Waals surface area contributed by atoms with Crippen LogP contribution in [0.3, 0.4) is 0 Å². The summed E-state index contributed by atoms with van der Waals surface area (Å²) >= 11 is 9.23. The van der Waals surface area contributed by atoms with E-state index in [0.29, 0.717) is 63.1 Å². The number of fused-ring (bicyclic) bond motifs is 1. The molecule has 1 saturated carbocycles. The lowest BCUT2D eigenvalue weighted by molar-refractivity contribution is -0.169. The fourth-order valence-corrected chi connectivity index (χ4v) is 8.77. The minimum atomic E-state index is -1.83. The highest BCUT2D eigenvalue weighted by atomic mass is 35.5. The lowest BCUT2D eigenvalue weighted by atomic mass is 9.91. The summed E-state index contributed by atoms with van der Waals surface area (Å²) < 4.78 is 11.5. The summed E-state index contributed by atoms with van der Waals surface area (Å²) in [6, 6.07) is 16.6. The van der Waals surface area contributed by atoms with Crippen molar-refractivity contribution in [2.24, 2.45) is 0 Å². The quantitative estimate of drug-likeness (QED) is 0.0684. The molecule has 3 heterocycles. The van der Waals surface area contributed by atoms with Crippen molar-refractivity contribution in [3.05, 3.63) is 108 Å². The number of carbonyl (C=O) groups is 2. The highest BCUT2D eigenvalue weighted by Gasteiger charge is 2.45. The van der Waals surface area contributed by atoms with Crippen LogP contribution < -0.4 is 20.9 Å². The predicted octanol–water partition coefficient (Wildman–Crippen LogP) is 6.05. The average molecular weight is 815 g/mol. The number of rotatable bonds is 15. The molecule has 1 aliphatic rings. The van der Waals surface area contributed by atoms with Crippen LogP contribution in [0, 0.1) is 0 Å². The number of amides is 1. The molecule has 294 valence electrons. The van der Waals surface area contributed by atoms with Gasteiger partial charge < -0.3 is 45.3 Å². The lowest BCUT2D eigenvalue weighted by Crippen LogP contribution is -2.42. The second-order valence-electron chi connectivity index (χ2n) is 13.4. The molecule has 12 nitrogen and oxygen atoms in total. The number of hydrogen-bond acceptors (Lipinski definition) is 12. The maximum absolute atomic E-state index is 13.4. The monoisotopic (exact) mass is 814 g/mol. The minimum Gasteiger partial charge on any atom is -0.506 e. The maximum Gasteiger partial charge on any atom is 0.349 e. The molecule has 6 N–H and O–H groups in total. The molecule has 0 radical (unpaired) electrons. The van der Waals surface area contributed by atoms with Gasteiger partial charge >= 0.3 is 5.97 Å². The van der Waals surface area contributed by atoms with Gasteiger partial charge in [0.25, 0.3) is 0 Å². The zero-order chi connectivity index (χ0) is 38.4. The summed E-state index contributed by atoms with van der Waals surface area (Å²) in [6.07, 6.45) is 1.88. The van der Waals surface area contributed by atoms with E-state index in [1.165, 1.54) is 41.9 Å². The molecule has 2 aromatic carbocycles. The number of esters is 1. The van der Waals surface area contributed by atoms with E-state index >= 15 is 0 Å². The number of methoxy groups -OCH3 is 1. The third kappa shape index (κ3) is 9.55. The van der Waals surface area contributed by atoms with Gasteiger partial charge in [0.2, 0.25) is 17.1 Å². The molecule has 1 fully saturated rings. The Morgan fingerprint density at radius 1 is 1.05 bits per heavy atom. The van der Waals surface area contributed by atoms with Crippen molar-refractivity contribution in [3.63, 3.8) is 0 Å². The molecule has 0 unspecified atom stereocenters. The first kappa shape index (κ1) is 41.8. The number of phenols is 1. The molecule has 0 aliphatic heterocycles. The van der Waals surface area contributed by atoms with Crippen LogP contribution in [-0.2, 0) is 26.5 Å². The van der Waals surface area contributed by atoms with Crippen LogP contribution in [0.15, 0.2) is 76.2 Å². The van der Waals surface area contributed by atoms with Gasteiger partial charge in [-0.25, -0.2) is 4.79 Å². The molecule has 0 saturated heterocycles. The van der Waals surface area contributed by atoms with Crippen molar-refractivity contribution in [2.45, 2.75) is 62.5 Å². The summed E-state index contributed by atoms with van der Waals surface area (Å²) in [5, 5.41) is 43.2. The number of benzene rings is 2. The summed E-state index contributed by atoms with van der Waals surface area (Å²) in [5.41, 5.74) is -0.241. The summed E-state index contributed by atoms with van der Waals surface area (Å²) in [5.74, 6) is -0.436. The largest absolute Gasteiger partial charge is 0.506 e. The Balaban J connectivity index is 0.00000580. The first-order valence-corrected chi connectivity index (χ1v) is 19.7. The Bertz CT molecular complexity index is 2090. The van der Waals surface area contributed by atoms with E-state index in [1.807, 2.05) is 17.8 Å². The van der Waals surface area contributed by atoms with Gasteiger partial charge in [0.05, 0.1) is 39.2 Å². The number of phenolic OH excluding ortho intramolecular Hbond substituents is 1. The van der Waals surface area contributed by atoms with Crippen molar-refractivity contribution < 1.29 is 39.1 Å². The van der Waals surface area contributed by atoms with E-state index in [9.17, 15) is 29.7 Å². The number of aromatic nitrogens is 1. The normalized spacial score (nSPS) is 16.4. The second kappa shape index (κ2) is 18.5. The van der Waals surface area contributed by atoms with Gasteiger partial charge in [0.1, 0.15) is 17.6 Å². The number of aromatic amines is 1. The van der Waals surface area contributed by atoms with Crippen LogP contribution in [-0.4, -0.2) is 76.5 Å². The molecule has 0 bridgehead atoms. The van der Waals surface area contributed by atoms with E-state index in [2.05, 4.69) is 20.5 Å². The van der Waals surface area contributed by atoms with Gasteiger partial charge in [-0.1, -0.05) is 29.8 Å². The van der Waals surface area contributed by atoms with E-state index < -0.39 is 17.7 Å². The van der Waals surface area contributed by atoms with Gasteiger partial charge in [-0.05, 0) is 79.4 Å². The number of halogens is 2. The van der Waals surface area contributed by atoms with Crippen LogP contribution in [0.2, 0.25) is 5.02 Å². The third-order valence-electron chi connectivity index (χ3n) is 9.85. The maximum atomic E-state index is 13.4. The molecular formula is C39H44ClFN4O8S2. The minimum absolute atomic E-state index is 0. The summed E-state index contributed by atoms with van der Waals surface area (Å²) in [6.45, 7) is 0.980. The summed E-state index contributed by atoms with van der Waals surface area (Å²) in [4.78, 5) is 43.9. The topological polar surface area (TPSA) is 173 Å². The van der Waals surface area contributed by atoms with Crippen LogP contribution in [0.25, 0.3) is 10.9 Å². The SMILES string of the molecule is COc1cc(NC(=O)CCN(C)[C@H]2CC[C@H](OC(=O)C(O)(c3cccs3)c3cccs3)CC2)c(Cl)cc1CNC[C@H](O)c1ccc(O)c2[nH]c(=O)ccc12.F. The van der Waals surface area contributed by atoms with Gasteiger partial charge in [-0.15, -0.1) is 22.7 Å². The zero-order valence-corrected chi connectivity index (χ0v) is 32.6. The molecule has 6 rings (SSSR count). The second-order valence-corrected chi connectivity index (χ2v) is 15.7. The Morgan fingerprint density at radius 2 is 1.75 bits per heavy atom. The number of nitrogens with zero attached hydrogens (tertiary/aromatic N) is 1. The number of hydrogen-bond donors (Lipinski definition) is 6. The van der Waals surface area contributed by atoms with Crippen molar-refractivity contribution >= 4 is 62.7 Å². The number of thiophene rings is 2. The van der Waals surface area contributed by atoms with Gasteiger partial charge in [0.15, 0.2) is 0 Å². The molecule has 1 amide bonds. The Morgan fingerprint density at radius 3 is 2.38 bits per heavy atom. The smallest absolute Gasteiger partial charge is 0.349 e. The fraction of sp³-hybridized carbons (Fsp3) is 0.359. The number of pyridine rings is 1. The number of anilines is 1. The number of aliphatic hydroxyl groups excluding tert-OH is 1. The standard InChI is InChI=1S/C39H43ClN4O8S2.FH/c1-44(24-7-9-25(10-8-24)52-38(49)39(50,33-5-3-17-53-33)34-6-4-18-54-34)16-15-36(48)42-29-20-32(51-2)23(19-28(29)40)21-41-22-31(46)26-11-13-30(45)37-27(26)12-14-35(47)43-37;/h3-6,11-14,17-20,24-25,31,41,45-46,50H,7-10,15-16,21-22H2,1-2H3,(H,42,48)(H,43,47);1H/t24-,25-,31-;/m0./s1.